The Kier molecular flexibility index (Phi) is 3.73. The fourth-order valence-electron chi connectivity index (χ4n) is 1.75. The Morgan fingerprint density at radius 3 is 2.69 bits per heavy atom. The molecule has 0 spiro atoms. The molecule has 1 nitrogen and oxygen atoms in total. The Morgan fingerprint density at radius 2 is 2.00 bits per heavy atom. The molecule has 0 unspecified atom stereocenters. The molecule has 83 valence electrons. The second-order valence-electron chi connectivity index (χ2n) is 3.83. The molecule has 0 bridgehead atoms. The number of nitrogens with zero attached hydrogens (tertiary/aromatic N) is 1. The highest BCUT2D eigenvalue weighted by molar-refractivity contribution is 7.15. The summed E-state index contributed by atoms with van der Waals surface area (Å²) < 4.78 is 0. The van der Waals surface area contributed by atoms with E-state index in [-0.39, 0.29) is 0 Å². The molecule has 1 heterocycles. The lowest BCUT2D eigenvalue weighted by atomic mass is 10.1. The van der Waals surface area contributed by atoms with Crippen LogP contribution < -0.4 is 0 Å². The zero-order chi connectivity index (χ0) is 11.4. The Hall–Kier alpha value is -1.15. The molecule has 1 radical (unpaired) electrons. The summed E-state index contributed by atoms with van der Waals surface area (Å²) in [7, 11) is 0. The van der Waals surface area contributed by atoms with Crippen molar-refractivity contribution in [2.75, 3.05) is 0 Å². The number of rotatable bonds is 4. The lowest BCUT2D eigenvalue weighted by Gasteiger charge is -2.01. The van der Waals surface area contributed by atoms with Gasteiger partial charge in [-0.3, -0.25) is 0 Å². The Bertz CT molecular complexity index is 445. The number of hydrogen-bond acceptors (Lipinski definition) is 2. The second-order valence-corrected chi connectivity index (χ2v) is 5.04. The molecule has 2 rings (SSSR count). The van der Waals surface area contributed by atoms with E-state index in [0.717, 1.165) is 24.3 Å². The summed E-state index contributed by atoms with van der Waals surface area (Å²) in [6.45, 7) is 5.96. The van der Waals surface area contributed by atoms with Gasteiger partial charge < -0.3 is 0 Å². The minimum absolute atomic E-state index is 0.977. The first kappa shape index (κ1) is 11.3. The molecule has 0 aliphatic rings. The zero-order valence-corrected chi connectivity index (χ0v) is 10.4. The van der Waals surface area contributed by atoms with Crippen LogP contribution in [0.4, 0.5) is 0 Å². The van der Waals surface area contributed by atoms with Crippen molar-refractivity contribution in [3.8, 4) is 10.4 Å². The maximum absolute atomic E-state index is 4.62. The molecule has 2 heteroatoms. The molecule has 0 N–H and O–H groups in total. The van der Waals surface area contributed by atoms with Crippen LogP contribution in [0.15, 0.2) is 30.3 Å². The third-order valence-corrected chi connectivity index (χ3v) is 3.57. The zero-order valence-electron chi connectivity index (χ0n) is 9.57. The van der Waals surface area contributed by atoms with E-state index in [2.05, 4.69) is 43.1 Å². The molecule has 0 aliphatic heterocycles. The fraction of sp³-hybridized carbons (Fsp3) is 0.286. The van der Waals surface area contributed by atoms with E-state index in [0.29, 0.717) is 0 Å². The van der Waals surface area contributed by atoms with Crippen LogP contribution in [0.5, 0.6) is 0 Å². The number of unbranched alkanes of at least 4 members (excludes halogenated alkanes) is 1. The van der Waals surface area contributed by atoms with Crippen molar-refractivity contribution in [2.45, 2.75) is 26.2 Å². The van der Waals surface area contributed by atoms with Gasteiger partial charge in [0.25, 0.3) is 0 Å². The standard InChI is InChI=1S/C14H16NS/c1-3-4-10-13-14(16-11(2)15-13)12-8-6-5-7-9-12/h5-9H,1,3-4,10H2,2H3. The molecule has 0 fully saturated rings. The lowest BCUT2D eigenvalue weighted by Crippen LogP contribution is -1.88. The van der Waals surface area contributed by atoms with Gasteiger partial charge in [-0.1, -0.05) is 43.7 Å². The van der Waals surface area contributed by atoms with Crippen LogP contribution in [0.25, 0.3) is 10.4 Å². The van der Waals surface area contributed by atoms with Crippen LogP contribution in [0.2, 0.25) is 0 Å². The molecule has 2 aromatic rings. The first-order chi connectivity index (χ1) is 7.81. The summed E-state index contributed by atoms with van der Waals surface area (Å²) in [6, 6.07) is 10.5. The number of thiazole rings is 1. The van der Waals surface area contributed by atoms with Gasteiger partial charge in [0.05, 0.1) is 15.6 Å². The van der Waals surface area contributed by atoms with Crippen LogP contribution >= 0.6 is 11.3 Å². The number of benzene rings is 1. The molecular formula is C14H16NS. The lowest BCUT2D eigenvalue weighted by molar-refractivity contribution is 0.821. The van der Waals surface area contributed by atoms with Gasteiger partial charge in [0, 0.05) is 0 Å². The summed E-state index contributed by atoms with van der Waals surface area (Å²) in [6.07, 6.45) is 3.13. The van der Waals surface area contributed by atoms with Gasteiger partial charge in [-0.2, -0.15) is 0 Å². The summed E-state index contributed by atoms with van der Waals surface area (Å²) >= 11 is 1.79. The van der Waals surface area contributed by atoms with Crippen molar-refractivity contribution in [3.05, 3.63) is 48.0 Å². The van der Waals surface area contributed by atoms with Crippen LogP contribution in [-0.2, 0) is 6.42 Å². The van der Waals surface area contributed by atoms with Crippen molar-refractivity contribution in [3.63, 3.8) is 0 Å². The van der Waals surface area contributed by atoms with Gasteiger partial charge in [0.15, 0.2) is 0 Å². The summed E-state index contributed by atoms with van der Waals surface area (Å²) in [5.74, 6) is 0. The highest BCUT2D eigenvalue weighted by Gasteiger charge is 2.09. The van der Waals surface area contributed by atoms with Crippen LogP contribution in [0.1, 0.15) is 23.5 Å². The maximum Gasteiger partial charge on any atom is 0.0903 e. The molecule has 0 atom stereocenters. The van der Waals surface area contributed by atoms with E-state index >= 15 is 0 Å². The Labute approximate surface area is 101 Å². The number of aryl methyl sites for hydroxylation is 2. The van der Waals surface area contributed by atoms with E-state index in [1.165, 1.54) is 16.1 Å². The monoisotopic (exact) mass is 230 g/mol. The topological polar surface area (TPSA) is 12.9 Å². The predicted molar refractivity (Wildman–Crippen MR) is 70.6 cm³/mol. The Morgan fingerprint density at radius 1 is 1.25 bits per heavy atom. The minimum Gasteiger partial charge on any atom is -0.246 e. The van der Waals surface area contributed by atoms with Crippen molar-refractivity contribution < 1.29 is 0 Å². The highest BCUT2D eigenvalue weighted by Crippen LogP contribution is 2.30. The molecule has 0 saturated carbocycles. The molecule has 1 aromatic heterocycles. The Balaban J connectivity index is 2.33. The van der Waals surface area contributed by atoms with Crippen LogP contribution in [-0.4, -0.2) is 4.98 Å². The molecule has 0 saturated heterocycles. The third-order valence-electron chi connectivity index (χ3n) is 2.50. The summed E-state index contributed by atoms with van der Waals surface area (Å²) in [4.78, 5) is 5.94. The van der Waals surface area contributed by atoms with Gasteiger partial charge in [-0.25, -0.2) is 4.98 Å². The second kappa shape index (κ2) is 5.26. The van der Waals surface area contributed by atoms with Gasteiger partial charge in [-0.15, -0.1) is 11.3 Å². The van der Waals surface area contributed by atoms with E-state index in [1.54, 1.807) is 11.3 Å². The molecular weight excluding hydrogens is 214 g/mol. The summed E-state index contributed by atoms with van der Waals surface area (Å²) in [5, 5.41) is 1.15. The smallest absolute Gasteiger partial charge is 0.0903 e. The van der Waals surface area contributed by atoms with E-state index in [9.17, 15) is 0 Å². The summed E-state index contributed by atoms with van der Waals surface area (Å²) in [5.41, 5.74) is 2.52. The molecule has 1 aromatic carbocycles. The van der Waals surface area contributed by atoms with E-state index in [4.69, 9.17) is 0 Å². The van der Waals surface area contributed by atoms with Crippen molar-refractivity contribution in [1.29, 1.82) is 0 Å². The highest BCUT2D eigenvalue weighted by atomic mass is 32.1. The SMILES string of the molecule is [CH2]CCCc1nc(C)sc1-c1ccccc1. The first-order valence-corrected chi connectivity index (χ1v) is 6.44. The quantitative estimate of drug-likeness (QED) is 0.764. The third kappa shape index (κ3) is 2.50. The predicted octanol–water partition coefficient (Wildman–Crippen LogP) is 4.28. The average Bonchev–Trinajstić information content (AvgIpc) is 2.69. The van der Waals surface area contributed by atoms with Gasteiger partial charge in [0.2, 0.25) is 0 Å². The first-order valence-electron chi connectivity index (χ1n) is 5.62. The molecule has 0 aliphatic carbocycles. The minimum atomic E-state index is 0.977. The van der Waals surface area contributed by atoms with Gasteiger partial charge in [0.1, 0.15) is 0 Å². The van der Waals surface area contributed by atoms with Crippen LogP contribution in [0.3, 0.4) is 0 Å². The van der Waals surface area contributed by atoms with E-state index in [1.807, 2.05) is 6.07 Å². The number of aromatic nitrogens is 1. The maximum atomic E-state index is 4.62. The van der Waals surface area contributed by atoms with Crippen LogP contribution in [0, 0.1) is 13.8 Å². The van der Waals surface area contributed by atoms with Crippen molar-refractivity contribution in [1.82, 2.24) is 4.98 Å². The molecule has 16 heavy (non-hydrogen) atoms. The molecule has 0 amide bonds. The normalized spacial score (nSPS) is 10.6. The average molecular weight is 230 g/mol. The van der Waals surface area contributed by atoms with E-state index < -0.39 is 0 Å². The number of hydrogen-bond donors (Lipinski definition) is 0. The van der Waals surface area contributed by atoms with Gasteiger partial charge in [-0.05, 0) is 25.3 Å². The van der Waals surface area contributed by atoms with Crippen molar-refractivity contribution in [2.24, 2.45) is 0 Å². The van der Waals surface area contributed by atoms with Gasteiger partial charge >= 0.3 is 0 Å². The fourth-order valence-corrected chi connectivity index (χ4v) is 2.72. The van der Waals surface area contributed by atoms with Crippen molar-refractivity contribution >= 4 is 11.3 Å². The largest absolute Gasteiger partial charge is 0.246 e.